The van der Waals surface area contributed by atoms with E-state index in [4.69, 9.17) is 0 Å². The second kappa shape index (κ2) is 6.99. The van der Waals surface area contributed by atoms with Crippen LogP contribution in [0, 0.1) is 22.7 Å². The molecule has 0 aromatic heterocycles. The summed E-state index contributed by atoms with van der Waals surface area (Å²) in [5.41, 5.74) is 5.20. The predicted molar refractivity (Wildman–Crippen MR) is 111 cm³/mol. The summed E-state index contributed by atoms with van der Waals surface area (Å²) in [7, 11) is 0. The second-order valence-corrected chi connectivity index (χ2v) is 6.66. The van der Waals surface area contributed by atoms with Crippen molar-refractivity contribution in [1.82, 2.24) is 0 Å². The monoisotopic (exact) mass is 377 g/mol. The van der Waals surface area contributed by atoms with E-state index in [1.54, 1.807) is 12.1 Å². The van der Waals surface area contributed by atoms with Crippen LogP contribution in [0.25, 0.3) is 33.4 Å². The van der Waals surface area contributed by atoms with Gasteiger partial charge in [-0.3, -0.25) is 4.79 Å². The third-order valence-electron chi connectivity index (χ3n) is 4.87. The van der Waals surface area contributed by atoms with Crippen molar-refractivity contribution in [3.63, 3.8) is 0 Å². The Bertz CT molecular complexity index is 1240. The summed E-state index contributed by atoms with van der Waals surface area (Å²) in [4.78, 5) is 11.8. The van der Waals surface area contributed by atoms with Gasteiger partial charge in [-0.15, -0.1) is 0 Å². The van der Waals surface area contributed by atoms with Gasteiger partial charge in [0.2, 0.25) is 5.91 Å². The molecular weight excluding hydrogens is 362 g/mol. The van der Waals surface area contributed by atoms with Gasteiger partial charge in [-0.05, 0) is 41.5 Å². The summed E-state index contributed by atoms with van der Waals surface area (Å²) in [6.45, 7) is 1.42. The Labute approximate surface area is 167 Å². The minimum absolute atomic E-state index is 0.0419. The first-order chi connectivity index (χ1) is 14.0. The number of nitrogens with one attached hydrogen (secondary N) is 1. The number of fused-ring (bicyclic) bond motifs is 2. The zero-order valence-corrected chi connectivity index (χ0v) is 15.5. The fraction of sp³-hybridized carbons (Fsp3) is 0.0417. The van der Waals surface area contributed by atoms with Gasteiger partial charge in [-0.2, -0.15) is 10.5 Å². The van der Waals surface area contributed by atoms with E-state index in [2.05, 4.69) is 17.5 Å². The van der Waals surface area contributed by atoms with Gasteiger partial charge in [0.05, 0.1) is 11.1 Å². The van der Waals surface area contributed by atoms with E-state index in [1.807, 2.05) is 36.4 Å². The van der Waals surface area contributed by atoms with Crippen LogP contribution in [0.15, 0.2) is 60.7 Å². The lowest BCUT2D eigenvalue weighted by Crippen LogP contribution is -2.05. The van der Waals surface area contributed by atoms with Crippen LogP contribution in [0.2, 0.25) is 0 Å². The van der Waals surface area contributed by atoms with E-state index in [0.717, 1.165) is 11.1 Å². The summed E-state index contributed by atoms with van der Waals surface area (Å²) >= 11 is 0. The quantitative estimate of drug-likeness (QED) is 0.515. The average molecular weight is 377 g/mol. The molecule has 1 amide bonds. The van der Waals surface area contributed by atoms with Crippen molar-refractivity contribution in [3.8, 4) is 51.3 Å². The molecule has 29 heavy (non-hydrogen) atoms. The van der Waals surface area contributed by atoms with E-state index in [9.17, 15) is 20.4 Å². The predicted octanol–water partition coefficient (Wildman–Crippen LogP) is 4.97. The lowest BCUT2D eigenvalue weighted by molar-refractivity contribution is -0.114. The molecule has 0 spiro atoms. The highest BCUT2D eigenvalue weighted by Crippen LogP contribution is 2.49. The van der Waals surface area contributed by atoms with Crippen molar-refractivity contribution in [2.24, 2.45) is 0 Å². The summed E-state index contributed by atoms with van der Waals surface area (Å²) in [5.74, 6) is -0.198. The molecule has 2 N–H and O–H groups in total. The van der Waals surface area contributed by atoms with Gasteiger partial charge in [0.1, 0.15) is 17.9 Å². The summed E-state index contributed by atoms with van der Waals surface area (Å²) < 4.78 is 0. The first-order valence-corrected chi connectivity index (χ1v) is 8.93. The first-order valence-electron chi connectivity index (χ1n) is 8.93. The van der Waals surface area contributed by atoms with Crippen LogP contribution >= 0.6 is 0 Å². The van der Waals surface area contributed by atoms with Crippen molar-refractivity contribution in [2.75, 3.05) is 5.32 Å². The minimum Gasteiger partial charge on any atom is -0.508 e. The van der Waals surface area contributed by atoms with Gasteiger partial charge in [0.15, 0.2) is 0 Å². The maximum atomic E-state index is 11.8. The highest BCUT2D eigenvalue weighted by atomic mass is 16.3. The normalized spacial score (nSPS) is 10.4. The summed E-state index contributed by atoms with van der Waals surface area (Å²) in [6.07, 6.45) is 0. The van der Waals surface area contributed by atoms with Gasteiger partial charge < -0.3 is 10.4 Å². The molecule has 0 atom stereocenters. The number of nitriles is 2. The van der Waals surface area contributed by atoms with Crippen LogP contribution in [0.5, 0.6) is 5.75 Å². The molecule has 0 radical (unpaired) electrons. The van der Waals surface area contributed by atoms with Crippen molar-refractivity contribution >= 4 is 11.6 Å². The number of aromatic hydroxyl groups is 1. The molecular formula is C24H15N3O2. The van der Waals surface area contributed by atoms with Crippen LogP contribution in [0.1, 0.15) is 18.1 Å². The molecule has 4 aliphatic rings. The van der Waals surface area contributed by atoms with E-state index in [-0.39, 0.29) is 11.7 Å². The topological polar surface area (TPSA) is 96.9 Å². The fourth-order valence-electron chi connectivity index (χ4n) is 3.73. The Morgan fingerprint density at radius 3 is 2.07 bits per heavy atom. The number of hydrogen-bond acceptors (Lipinski definition) is 4. The zero-order valence-electron chi connectivity index (χ0n) is 15.5. The Morgan fingerprint density at radius 1 is 0.862 bits per heavy atom. The van der Waals surface area contributed by atoms with Gasteiger partial charge in [-0.1, -0.05) is 30.3 Å². The molecule has 0 unspecified atom stereocenters. The molecule has 5 nitrogen and oxygen atoms in total. The minimum atomic E-state index is -0.240. The van der Waals surface area contributed by atoms with E-state index in [1.165, 1.54) is 19.1 Å². The van der Waals surface area contributed by atoms with Crippen LogP contribution in [0.3, 0.4) is 0 Å². The average Bonchev–Trinajstić information content (AvgIpc) is 2.95. The van der Waals surface area contributed by atoms with Crippen molar-refractivity contribution in [2.45, 2.75) is 6.92 Å². The van der Waals surface area contributed by atoms with E-state index >= 15 is 0 Å². The van der Waals surface area contributed by atoms with Gasteiger partial charge in [-0.25, -0.2) is 0 Å². The molecule has 0 aromatic carbocycles. The zero-order chi connectivity index (χ0) is 20.5. The van der Waals surface area contributed by atoms with Crippen LogP contribution in [-0.4, -0.2) is 11.0 Å². The number of carbonyl (C=O) groups is 1. The fourth-order valence-corrected chi connectivity index (χ4v) is 3.73. The molecule has 138 valence electrons. The Hall–Kier alpha value is -4.35. The Balaban J connectivity index is 2.17. The maximum Gasteiger partial charge on any atom is 0.221 e. The molecule has 0 bridgehead atoms. The second-order valence-electron chi connectivity index (χ2n) is 6.66. The molecule has 0 fully saturated rings. The lowest BCUT2D eigenvalue weighted by Gasteiger charge is -2.07. The highest BCUT2D eigenvalue weighted by molar-refractivity contribution is 6.08. The molecule has 5 heteroatoms. The van der Waals surface area contributed by atoms with E-state index in [0.29, 0.717) is 39.1 Å². The van der Waals surface area contributed by atoms with Crippen molar-refractivity contribution < 1.29 is 9.90 Å². The number of nitrogens with zero attached hydrogens (tertiary/aromatic N) is 2. The number of rotatable bonds is 2. The highest BCUT2D eigenvalue weighted by Gasteiger charge is 2.29. The van der Waals surface area contributed by atoms with Crippen molar-refractivity contribution in [1.29, 1.82) is 10.5 Å². The van der Waals surface area contributed by atoms with Crippen LogP contribution in [-0.2, 0) is 4.79 Å². The Kier molecular flexibility index (Phi) is 4.35. The SMILES string of the molecule is CC(=O)Nc1cc2cccccc-2c1-c1c(C#N)c2ccc(O)ccc-2c1C#N. The molecule has 0 saturated carbocycles. The summed E-state index contributed by atoms with van der Waals surface area (Å²) in [5, 5.41) is 32.6. The third-order valence-corrected chi connectivity index (χ3v) is 4.87. The molecule has 4 aliphatic carbocycles. The number of carbonyl (C=O) groups excluding carboxylic acids is 1. The lowest BCUT2D eigenvalue weighted by atomic mass is 9.97. The van der Waals surface area contributed by atoms with Gasteiger partial charge in [0.25, 0.3) is 0 Å². The first kappa shape index (κ1) is 18.0. The van der Waals surface area contributed by atoms with Crippen LogP contribution < -0.4 is 5.32 Å². The standard InChI is InChI=1S/C24H15N3O2/c1-14(28)27-22-11-15-5-3-2-4-6-17(15)24(22)23-20(12-25)18-9-7-16(29)8-10-19(18)21(23)13-26/h2-11,29H,1H3,(H,27,28). The Morgan fingerprint density at radius 2 is 1.48 bits per heavy atom. The molecule has 4 rings (SSSR count). The summed E-state index contributed by atoms with van der Waals surface area (Å²) in [6, 6.07) is 22.0. The maximum absolute atomic E-state index is 11.8. The van der Waals surface area contributed by atoms with Crippen molar-refractivity contribution in [3.05, 3.63) is 71.8 Å². The smallest absolute Gasteiger partial charge is 0.221 e. The number of hydrogen-bond donors (Lipinski definition) is 2. The van der Waals surface area contributed by atoms with Gasteiger partial charge in [0, 0.05) is 34.9 Å². The molecule has 0 saturated heterocycles. The largest absolute Gasteiger partial charge is 0.508 e. The molecule has 0 aliphatic heterocycles. The number of anilines is 1. The van der Waals surface area contributed by atoms with E-state index < -0.39 is 0 Å². The van der Waals surface area contributed by atoms with Crippen LogP contribution in [0.4, 0.5) is 5.69 Å². The van der Waals surface area contributed by atoms with Gasteiger partial charge >= 0.3 is 0 Å². The number of amides is 1. The molecule has 0 aromatic rings. The third kappa shape index (κ3) is 2.92. The molecule has 0 heterocycles.